The first kappa shape index (κ1) is 18.5. The van der Waals surface area contributed by atoms with Crippen LogP contribution in [0.25, 0.3) is 6.08 Å². The van der Waals surface area contributed by atoms with Gasteiger partial charge in [-0.15, -0.1) is 0 Å². The molecule has 0 aliphatic heterocycles. The summed E-state index contributed by atoms with van der Waals surface area (Å²) in [6, 6.07) is 13.0. The molecule has 0 fully saturated rings. The minimum absolute atomic E-state index is 0.399. The lowest BCUT2D eigenvalue weighted by atomic mass is 10.1. The molecule has 0 amide bonds. The van der Waals surface area contributed by atoms with Gasteiger partial charge in [-0.25, -0.2) is 0 Å². The standard InChI is InChI=1S/C18H16BrClN2O2/c19-12-23-11-15-6-14(10-22)3-4-18(15)24-17-8-13(2-1-5-21)7-16(20)9-17/h1-4,6-9H,10-12,22H2/b2-1+. The van der Waals surface area contributed by atoms with Crippen LogP contribution in [0.2, 0.25) is 5.02 Å². The third-order valence-electron chi connectivity index (χ3n) is 3.17. The SMILES string of the molecule is N#C/C=C/c1cc(Cl)cc(Oc2ccc(CN)cc2COCBr)c1. The maximum absolute atomic E-state index is 8.64. The zero-order valence-electron chi connectivity index (χ0n) is 12.8. The topological polar surface area (TPSA) is 68.3 Å². The number of allylic oxidation sites excluding steroid dienone is 1. The number of hydrogen-bond acceptors (Lipinski definition) is 4. The average Bonchev–Trinajstić information content (AvgIpc) is 2.58. The summed E-state index contributed by atoms with van der Waals surface area (Å²) in [7, 11) is 0. The predicted molar refractivity (Wildman–Crippen MR) is 99.1 cm³/mol. The van der Waals surface area contributed by atoms with Gasteiger partial charge in [0.15, 0.2) is 0 Å². The lowest BCUT2D eigenvalue weighted by Crippen LogP contribution is -2.00. The smallest absolute Gasteiger partial charge is 0.132 e. The number of rotatable bonds is 7. The number of nitriles is 1. The molecule has 0 heterocycles. The van der Waals surface area contributed by atoms with Crippen molar-refractivity contribution in [3.63, 3.8) is 0 Å². The zero-order valence-corrected chi connectivity index (χ0v) is 15.2. The van der Waals surface area contributed by atoms with Crippen LogP contribution >= 0.6 is 27.5 Å². The van der Waals surface area contributed by atoms with Crippen molar-refractivity contribution >= 4 is 33.6 Å². The first-order valence-corrected chi connectivity index (χ1v) is 8.66. The molecule has 4 nitrogen and oxygen atoms in total. The molecule has 24 heavy (non-hydrogen) atoms. The second-order valence-corrected chi connectivity index (χ2v) is 5.78. The molecule has 2 rings (SSSR count). The van der Waals surface area contributed by atoms with Gasteiger partial charge in [0.2, 0.25) is 0 Å². The van der Waals surface area contributed by atoms with Crippen molar-refractivity contribution in [2.24, 2.45) is 5.73 Å². The van der Waals surface area contributed by atoms with Gasteiger partial charge in [0.25, 0.3) is 0 Å². The van der Waals surface area contributed by atoms with Crippen LogP contribution in [0.5, 0.6) is 11.5 Å². The van der Waals surface area contributed by atoms with Crippen LogP contribution < -0.4 is 10.5 Å². The van der Waals surface area contributed by atoms with Gasteiger partial charge in [-0.1, -0.05) is 33.6 Å². The van der Waals surface area contributed by atoms with E-state index in [-0.39, 0.29) is 0 Å². The van der Waals surface area contributed by atoms with Crippen molar-refractivity contribution in [2.45, 2.75) is 13.2 Å². The molecule has 0 saturated heterocycles. The predicted octanol–water partition coefficient (Wildman–Crippen LogP) is 5.00. The first-order chi connectivity index (χ1) is 11.7. The average molecular weight is 408 g/mol. The van der Waals surface area contributed by atoms with Gasteiger partial charge in [0, 0.05) is 23.2 Å². The van der Waals surface area contributed by atoms with Crippen LogP contribution in [-0.2, 0) is 17.9 Å². The van der Waals surface area contributed by atoms with Crippen molar-refractivity contribution in [1.29, 1.82) is 5.26 Å². The van der Waals surface area contributed by atoms with E-state index >= 15 is 0 Å². The number of nitrogens with zero attached hydrogens (tertiary/aromatic N) is 1. The second-order valence-electron chi connectivity index (χ2n) is 4.89. The highest BCUT2D eigenvalue weighted by molar-refractivity contribution is 9.09. The number of hydrogen-bond donors (Lipinski definition) is 1. The van der Waals surface area contributed by atoms with Gasteiger partial charge < -0.3 is 15.2 Å². The second kappa shape index (κ2) is 9.45. The van der Waals surface area contributed by atoms with Crippen LogP contribution in [0.1, 0.15) is 16.7 Å². The van der Waals surface area contributed by atoms with Crippen molar-refractivity contribution in [3.05, 3.63) is 64.2 Å². The van der Waals surface area contributed by atoms with Crippen LogP contribution in [0.3, 0.4) is 0 Å². The van der Waals surface area contributed by atoms with E-state index < -0.39 is 0 Å². The number of alkyl halides is 1. The molecule has 0 atom stereocenters. The quantitative estimate of drug-likeness (QED) is 0.518. The molecule has 0 aliphatic rings. The fourth-order valence-electron chi connectivity index (χ4n) is 2.12. The van der Waals surface area contributed by atoms with Crippen molar-refractivity contribution < 1.29 is 9.47 Å². The Morgan fingerprint density at radius 2 is 2.08 bits per heavy atom. The maximum Gasteiger partial charge on any atom is 0.132 e. The number of ether oxygens (including phenoxy) is 2. The molecule has 0 aliphatic carbocycles. The monoisotopic (exact) mass is 406 g/mol. The molecule has 2 N–H and O–H groups in total. The van der Waals surface area contributed by atoms with Crippen molar-refractivity contribution in [1.82, 2.24) is 0 Å². The molecule has 0 bridgehead atoms. The summed E-state index contributed by atoms with van der Waals surface area (Å²) in [5.74, 6) is 1.26. The largest absolute Gasteiger partial charge is 0.457 e. The van der Waals surface area contributed by atoms with Gasteiger partial charge in [0.05, 0.1) is 12.7 Å². The molecule has 124 valence electrons. The summed E-state index contributed by atoms with van der Waals surface area (Å²) >= 11 is 9.36. The molecule has 0 aromatic heterocycles. The summed E-state index contributed by atoms with van der Waals surface area (Å²) in [6.45, 7) is 0.845. The third kappa shape index (κ3) is 5.36. The van der Waals surface area contributed by atoms with E-state index in [0.717, 1.165) is 16.7 Å². The maximum atomic E-state index is 8.64. The Balaban J connectivity index is 2.31. The van der Waals surface area contributed by atoms with E-state index in [1.165, 1.54) is 6.08 Å². The molecular weight excluding hydrogens is 392 g/mol. The van der Waals surface area contributed by atoms with E-state index in [1.807, 2.05) is 30.3 Å². The molecule has 2 aromatic carbocycles. The number of benzene rings is 2. The highest BCUT2D eigenvalue weighted by atomic mass is 79.9. The minimum Gasteiger partial charge on any atom is -0.457 e. The van der Waals surface area contributed by atoms with E-state index in [0.29, 0.717) is 35.2 Å². The summed E-state index contributed by atoms with van der Waals surface area (Å²) in [5.41, 5.74) is 8.81. The van der Waals surface area contributed by atoms with Gasteiger partial charge >= 0.3 is 0 Å². The third-order valence-corrected chi connectivity index (χ3v) is 3.71. The fourth-order valence-corrected chi connectivity index (χ4v) is 2.52. The lowest BCUT2D eigenvalue weighted by molar-refractivity contribution is 0.170. The highest BCUT2D eigenvalue weighted by Gasteiger charge is 2.08. The lowest BCUT2D eigenvalue weighted by Gasteiger charge is -2.13. The molecule has 0 unspecified atom stereocenters. The zero-order chi connectivity index (χ0) is 17.4. The number of nitrogens with two attached hydrogens (primary N) is 1. The Hall–Kier alpha value is -1.84. The molecule has 2 aromatic rings. The molecule has 6 heteroatoms. The summed E-state index contributed by atoms with van der Waals surface area (Å²) in [5, 5.41) is 9.17. The first-order valence-electron chi connectivity index (χ1n) is 7.16. The Morgan fingerprint density at radius 3 is 2.79 bits per heavy atom. The van der Waals surface area contributed by atoms with Crippen molar-refractivity contribution in [2.75, 3.05) is 5.52 Å². The Labute approximate surface area is 154 Å². The van der Waals surface area contributed by atoms with Crippen LogP contribution in [-0.4, -0.2) is 5.52 Å². The number of halogens is 2. The van der Waals surface area contributed by atoms with E-state index in [1.54, 1.807) is 18.2 Å². The Bertz CT molecular complexity index is 772. The van der Waals surface area contributed by atoms with Gasteiger partial charge in [-0.05, 0) is 47.5 Å². The normalized spacial score (nSPS) is 10.8. The molecular formula is C18H16BrClN2O2. The fraction of sp³-hybridized carbons (Fsp3) is 0.167. The molecule has 0 saturated carbocycles. The Kier molecular flexibility index (Phi) is 7.29. The summed E-state index contributed by atoms with van der Waals surface area (Å²) in [6.07, 6.45) is 3.06. The van der Waals surface area contributed by atoms with E-state index in [9.17, 15) is 0 Å². The minimum atomic E-state index is 0.399. The van der Waals surface area contributed by atoms with Gasteiger partial charge in [-0.2, -0.15) is 5.26 Å². The van der Waals surface area contributed by atoms with Gasteiger partial charge in [-0.3, -0.25) is 0 Å². The molecule has 0 spiro atoms. The van der Waals surface area contributed by atoms with Crippen LogP contribution in [0.15, 0.2) is 42.5 Å². The van der Waals surface area contributed by atoms with Gasteiger partial charge in [0.1, 0.15) is 17.0 Å². The van der Waals surface area contributed by atoms with Crippen LogP contribution in [0.4, 0.5) is 0 Å². The molecule has 0 radical (unpaired) electrons. The summed E-state index contributed by atoms with van der Waals surface area (Å²) in [4.78, 5) is 0. The van der Waals surface area contributed by atoms with Crippen LogP contribution in [0, 0.1) is 11.3 Å². The van der Waals surface area contributed by atoms with Crippen molar-refractivity contribution in [3.8, 4) is 17.6 Å². The highest BCUT2D eigenvalue weighted by Crippen LogP contribution is 2.30. The Morgan fingerprint density at radius 1 is 1.25 bits per heavy atom. The van der Waals surface area contributed by atoms with E-state index in [2.05, 4.69) is 15.9 Å². The summed E-state index contributed by atoms with van der Waals surface area (Å²) < 4.78 is 11.4. The van der Waals surface area contributed by atoms with E-state index in [4.69, 9.17) is 32.1 Å².